The van der Waals surface area contributed by atoms with Gasteiger partial charge in [-0.15, -0.1) is 11.3 Å². The minimum atomic E-state index is -0.344. The van der Waals surface area contributed by atoms with Crippen molar-refractivity contribution < 1.29 is 4.39 Å². The second-order valence-corrected chi connectivity index (χ2v) is 4.00. The summed E-state index contributed by atoms with van der Waals surface area (Å²) in [4.78, 5) is 6.69. The van der Waals surface area contributed by atoms with E-state index in [2.05, 4.69) is 9.97 Å². The summed E-state index contributed by atoms with van der Waals surface area (Å²) >= 11 is 6.33. The van der Waals surface area contributed by atoms with Crippen LogP contribution in [0.1, 0.15) is 0 Å². The van der Waals surface area contributed by atoms with E-state index >= 15 is 0 Å². The molecule has 0 amide bonds. The van der Waals surface area contributed by atoms with Crippen LogP contribution in [0.2, 0.25) is 0 Å². The average molecular weight is 212 g/mol. The van der Waals surface area contributed by atoms with Crippen LogP contribution in [0.3, 0.4) is 0 Å². The third-order valence-electron chi connectivity index (χ3n) is 1.54. The molecular weight excluding hydrogens is 207 g/mol. The van der Waals surface area contributed by atoms with Crippen molar-refractivity contribution in [1.82, 2.24) is 9.97 Å². The molecule has 0 aliphatic rings. The fourth-order valence-corrected chi connectivity index (χ4v) is 1.82. The largest absolute Gasteiger partial charge is 0.337 e. The first-order chi connectivity index (χ1) is 6.25. The van der Waals surface area contributed by atoms with Gasteiger partial charge in [0.2, 0.25) is 0 Å². The Morgan fingerprint density at radius 2 is 2.31 bits per heavy atom. The van der Waals surface area contributed by atoms with E-state index in [4.69, 9.17) is 12.2 Å². The highest BCUT2D eigenvalue weighted by molar-refractivity contribution is 7.73. The van der Waals surface area contributed by atoms with Gasteiger partial charge in [0.05, 0.1) is 11.9 Å². The SMILES string of the molecule is Fc1cncc(-c2csc(=S)[nH]2)c1. The highest BCUT2D eigenvalue weighted by Gasteiger charge is 2.00. The third-order valence-corrected chi connectivity index (χ3v) is 2.60. The summed E-state index contributed by atoms with van der Waals surface area (Å²) in [7, 11) is 0. The summed E-state index contributed by atoms with van der Waals surface area (Å²) in [5.74, 6) is -0.344. The second kappa shape index (κ2) is 3.35. The second-order valence-electron chi connectivity index (χ2n) is 2.45. The molecule has 0 spiro atoms. The molecule has 66 valence electrons. The average Bonchev–Trinajstić information content (AvgIpc) is 2.52. The van der Waals surface area contributed by atoms with Crippen molar-refractivity contribution in [3.8, 4) is 11.3 Å². The van der Waals surface area contributed by atoms with Crippen LogP contribution in [0.4, 0.5) is 4.39 Å². The van der Waals surface area contributed by atoms with Gasteiger partial charge in [-0.05, 0) is 18.3 Å². The lowest BCUT2D eigenvalue weighted by atomic mass is 10.2. The van der Waals surface area contributed by atoms with Crippen molar-refractivity contribution in [3.63, 3.8) is 0 Å². The lowest BCUT2D eigenvalue weighted by Crippen LogP contribution is -1.82. The molecule has 1 N–H and O–H groups in total. The number of rotatable bonds is 1. The van der Waals surface area contributed by atoms with Crippen molar-refractivity contribution in [2.45, 2.75) is 0 Å². The van der Waals surface area contributed by atoms with Crippen molar-refractivity contribution in [2.75, 3.05) is 0 Å². The van der Waals surface area contributed by atoms with Crippen LogP contribution in [0, 0.1) is 9.77 Å². The zero-order chi connectivity index (χ0) is 9.26. The Bertz CT molecular complexity index is 475. The number of aromatic nitrogens is 2. The molecule has 2 nitrogen and oxygen atoms in total. The van der Waals surface area contributed by atoms with Gasteiger partial charge in [0, 0.05) is 17.1 Å². The normalized spacial score (nSPS) is 10.2. The van der Waals surface area contributed by atoms with Crippen molar-refractivity contribution >= 4 is 23.6 Å². The summed E-state index contributed by atoms with van der Waals surface area (Å²) in [6.07, 6.45) is 2.76. The van der Waals surface area contributed by atoms with Crippen LogP contribution >= 0.6 is 23.6 Å². The summed E-state index contributed by atoms with van der Waals surface area (Å²) < 4.78 is 13.4. The summed E-state index contributed by atoms with van der Waals surface area (Å²) in [6, 6.07) is 1.42. The number of hydrogen-bond donors (Lipinski definition) is 1. The van der Waals surface area contributed by atoms with E-state index in [9.17, 15) is 4.39 Å². The number of thiazole rings is 1. The number of nitrogens with one attached hydrogen (secondary N) is 1. The minimum Gasteiger partial charge on any atom is -0.337 e. The highest BCUT2D eigenvalue weighted by atomic mass is 32.1. The van der Waals surface area contributed by atoms with Crippen molar-refractivity contribution in [1.29, 1.82) is 0 Å². The van der Waals surface area contributed by atoms with Gasteiger partial charge in [-0.25, -0.2) is 4.39 Å². The Morgan fingerprint density at radius 1 is 1.46 bits per heavy atom. The number of hydrogen-bond acceptors (Lipinski definition) is 3. The van der Waals surface area contributed by atoms with E-state index < -0.39 is 0 Å². The number of aromatic amines is 1. The Balaban J connectivity index is 2.52. The fourth-order valence-electron chi connectivity index (χ4n) is 0.981. The molecule has 0 fully saturated rings. The van der Waals surface area contributed by atoms with Gasteiger partial charge < -0.3 is 4.98 Å². The van der Waals surface area contributed by atoms with Gasteiger partial charge in [0.25, 0.3) is 0 Å². The summed E-state index contributed by atoms with van der Waals surface area (Å²) in [5.41, 5.74) is 1.52. The first kappa shape index (κ1) is 8.52. The van der Waals surface area contributed by atoms with Gasteiger partial charge in [-0.3, -0.25) is 4.98 Å². The molecule has 0 radical (unpaired) electrons. The molecule has 2 aromatic heterocycles. The molecule has 0 aliphatic heterocycles. The van der Waals surface area contributed by atoms with Gasteiger partial charge in [0.1, 0.15) is 5.82 Å². The van der Waals surface area contributed by atoms with Crippen LogP contribution < -0.4 is 0 Å². The Hall–Kier alpha value is -1.07. The van der Waals surface area contributed by atoms with E-state index in [1.54, 1.807) is 6.20 Å². The van der Waals surface area contributed by atoms with Crippen LogP contribution in [-0.4, -0.2) is 9.97 Å². The smallest absolute Gasteiger partial charge is 0.158 e. The minimum absolute atomic E-state index is 0.344. The Kier molecular flexibility index (Phi) is 2.20. The molecular formula is C8H5FN2S2. The zero-order valence-electron chi connectivity index (χ0n) is 6.45. The molecule has 13 heavy (non-hydrogen) atoms. The van der Waals surface area contributed by atoms with E-state index in [1.807, 2.05) is 5.38 Å². The monoisotopic (exact) mass is 212 g/mol. The molecule has 0 saturated heterocycles. The molecule has 5 heteroatoms. The maximum Gasteiger partial charge on any atom is 0.158 e. The Labute approximate surface area is 83.1 Å². The van der Waals surface area contributed by atoms with Crippen molar-refractivity contribution in [2.24, 2.45) is 0 Å². The number of pyridine rings is 1. The molecule has 2 rings (SSSR count). The van der Waals surface area contributed by atoms with E-state index in [-0.39, 0.29) is 5.82 Å². The quantitative estimate of drug-likeness (QED) is 0.736. The van der Waals surface area contributed by atoms with Crippen molar-refractivity contribution in [3.05, 3.63) is 33.6 Å². The molecule has 0 aliphatic carbocycles. The molecule has 0 bridgehead atoms. The van der Waals surface area contributed by atoms with Crippen LogP contribution in [-0.2, 0) is 0 Å². The van der Waals surface area contributed by atoms with E-state index in [0.717, 1.165) is 5.69 Å². The van der Waals surface area contributed by atoms with Gasteiger partial charge in [0.15, 0.2) is 3.95 Å². The summed E-state index contributed by atoms with van der Waals surface area (Å²) in [5, 5.41) is 1.85. The van der Waals surface area contributed by atoms with Crippen LogP contribution in [0.5, 0.6) is 0 Å². The molecule has 0 unspecified atom stereocenters. The fraction of sp³-hybridized carbons (Fsp3) is 0. The molecule has 0 saturated carbocycles. The number of halogens is 1. The standard InChI is InChI=1S/C8H5FN2S2/c9-6-1-5(2-10-3-6)7-4-13-8(12)11-7/h1-4H,(H,11,12). The maximum atomic E-state index is 12.8. The molecule has 0 atom stereocenters. The molecule has 2 heterocycles. The first-order valence-corrected chi connectivity index (χ1v) is 4.83. The lowest BCUT2D eigenvalue weighted by Gasteiger charge is -1.95. The highest BCUT2D eigenvalue weighted by Crippen LogP contribution is 2.19. The third kappa shape index (κ3) is 1.81. The molecule has 0 aromatic carbocycles. The number of nitrogens with zero attached hydrogens (tertiary/aromatic N) is 1. The van der Waals surface area contributed by atoms with Gasteiger partial charge in [-0.1, -0.05) is 0 Å². The zero-order valence-corrected chi connectivity index (χ0v) is 8.08. The topological polar surface area (TPSA) is 28.7 Å². The van der Waals surface area contributed by atoms with E-state index in [1.165, 1.54) is 23.6 Å². The first-order valence-electron chi connectivity index (χ1n) is 3.54. The van der Waals surface area contributed by atoms with Crippen LogP contribution in [0.15, 0.2) is 23.8 Å². The Morgan fingerprint density at radius 3 is 2.92 bits per heavy atom. The van der Waals surface area contributed by atoms with Crippen LogP contribution in [0.25, 0.3) is 11.3 Å². The summed E-state index contributed by atoms with van der Waals surface area (Å²) in [6.45, 7) is 0. The van der Waals surface area contributed by atoms with Gasteiger partial charge >= 0.3 is 0 Å². The number of H-pyrrole nitrogens is 1. The van der Waals surface area contributed by atoms with Gasteiger partial charge in [-0.2, -0.15) is 0 Å². The maximum absolute atomic E-state index is 12.8. The molecule has 2 aromatic rings. The predicted octanol–water partition coefficient (Wildman–Crippen LogP) is 3.01. The van der Waals surface area contributed by atoms with E-state index in [0.29, 0.717) is 9.52 Å². The lowest BCUT2D eigenvalue weighted by molar-refractivity contribution is 0.622. The predicted molar refractivity (Wildman–Crippen MR) is 52.7 cm³/mol.